The van der Waals surface area contributed by atoms with Gasteiger partial charge in [0.25, 0.3) is 0 Å². The summed E-state index contributed by atoms with van der Waals surface area (Å²) in [5, 5.41) is 12.2. The number of hydrogen-bond acceptors (Lipinski definition) is 4. The Bertz CT molecular complexity index is 428. The van der Waals surface area contributed by atoms with Gasteiger partial charge < -0.3 is 5.32 Å². The van der Waals surface area contributed by atoms with Crippen LogP contribution in [0.1, 0.15) is 24.6 Å². The molecule has 92 valence electrons. The second kappa shape index (κ2) is 7.15. The van der Waals surface area contributed by atoms with E-state index in [-0.39, 0.29) is 6.04 Å². The smallest absolute Gasteiger partial charge is 0.144 e. The van der Waals surface area contributed by atoms with Crippen LogP contribution in [0.5, 0.6) is 0 Å². The summed E-state index contributed by atoms with van der Waals surface area (Å²) in [6, 6.07) is 6.07. The fourth-order valence-corrected chi connectivity index (χ4v) is 2.10. The average Bonchev–Trinajstić information content (AvgIpc) is 2.34. The molecule has 0 aliphatic heterocycles. The summed E-state index contributed by atoms with van der Waals surface area (Å²) in [6.45, 7) is 2.67. The maximum absolute atomic E-state index is 11.0. The number of aromatic nitrogens is 1. The molecule has 1 N–H and O–H groups in total. The van der Waals surface area contributed by atoms with Crippen molar-refractivity contribution in [1.29, 1.82) is 5.26 Å². The number of rotatable bonds is 6. The molecule has 1 aromatic rings. The van der Waals surface area contributed by atoms with E-state index in [4.69, 9.17) is 5.26 Å². The predicted molar refractivity (Wildman–Crippen MR) is 68.8 cm³/mol. The Balaban J connectivity index is 2.45. The van der Waals surface area contributed by atoms with Crippen LogP contribution in [0.4, 0.5) is 0 Å². The maximum Gasteiger partial charge on any atom is 0.144 e. The summed E-state index contributed by atoms with van der Waals surface area (Å²) in [6.07, 6.45) is 4.19. The Morgan fingerprint density at radius 2 is 2.41 bits per heavy atom. The first-order chi connectivity index (χ1) is 8.13. The van der Waals surface area contributed by atoms with E-state index < -0.39 is 10.8 Å². The van der Waals surface area contributed by atoms with Crippen molar-refractivity contribution in [3.63, 3.8) is 0 Å². The number of nitrogens with one attached hydrogen (secondary N) is 1. The summed E-state index contributed by atoms with van der Waals surface area (Å²) >= 11 is 0. The normalized spacial score (nSPS) is 13.9. The molecule has 5 heteroatoms. The van der Waals surface area contributed by atoms with Crippen LogP contribution in [0.25, 0.3) is 0 Å². The van der Waals surface area contributed by atoms with Gasteiger partial charge in [-0.15, -0.1) is 0 Å². The van der Waals surface area contributed by atoms with Gasteiger partial charge in [0, 0.05) is 47.2 Å². The van der Waals surface area contributed by atoms with E-state index in [2.05, 4.69) is 23.3 Å². The first-order valence-corrected chi connectivity index (χ1v) is 7.23. The lowest BCUT2D eigenvalue weighted by Gasteiger charge is -2.13. The molecule has 0 fully saturated rings. The predicted octanol–water partition coefficient (Wildman–Crippen LogP) is 1.20. The van der Waals surface area contributed by atoms with Gasteiger partial charge in [-0.05, 0) is 19.4 Å². The lowest BCUT2D eigenvalue weighted by molar-refractivity contribution is 0.534. The first kappa shape index (κ1) is 13.8. The minimum atomic E-state index is -0.745. The lowest BCUT2D eigenvalue weighted by atomic mass is 10.2. The summed E-state index contributed by atoms with van der Waals surface area (Å²) in [5.74, 6) is 0.701. The van der Waals surface area contributed by atoms with Gasteiger partial charge in [-0.25, -0.2) is 4.98 Å². The Morgan fingerprint density at radius 1 is 1.65 bits per heavy atom. The summed E-state index contributed by atoms with van der Waals surface area (Å²) < 4.78 is 11.0. The number of nitriles is 1. The molecular weight excluding hydrogens is 234 g/mol. The second-order valence-electron chi connectivity index (χ2n) is 3.97. The molecule has 4 nitrogen and oxygen atoms in total. The van der Waals surface area contributed by atoms with Gasteiger partial charge in [0.05, 0.1) is 0 Å². The Kier molecular flexibility index (Phi) is 5.81. The van der Waals surface area contributed by atoms with Gasteiger partial charge in [-0.3, -0.25) is 4.21 Å². The van der Waals surface area contributed by atoms with Crippen molar-refractivity contribution in [3.8, 4) is 6.07 Å². The van der Waals surface area contributed by atoms with Crippen LogP contribution >= 0.6 is 0 Å². The quantitative estimate of drug-likeness (QED) is 0.825. The highest BCUT2D eigenvalue weighted by atomic mass is 32.2. The molecular formula is C12H17N3OS. The molecule has 0 saturated carbocycles. The standard InChI is InChI=1S/C12H17N3OS/c1-10(5-7-17(2)16)15-9-11-4-3-6-14-12(11)8-13/h3-4,6,10,15H,5,7,9H2,1-2H3. The molecule has 0 aliphatic rings. The third kappa shape index (κ3) is 5.07. The van der Waals surface area contributed by atoms with Gasteiger partial charge in [0.15, 0.2) is 0 Å². The minimum absolute atomic E-state index is 0.283. The van der Waals surface area contributed by atoms with E-state index in [9.17, 15) is 4.21 Å². The van der Waals surface area contributed by atoms with Crippen LogP contribution in [0, 0.1) is 11.3 Å². The maximum atomic E-state index is 11.0. The summed E-state index contributed by atoms with van der Waals surface area (Å²) in [7, 11) is -0.745. The lowest BCUT2D eigenvalue weighted by Crippen LogP contribution is -2.27. The molecule has 0 bridgehead atoms. The number of hydrogen-bond donors (Lipinski definition) is 1. The fourth-order valence-electron chi connectivity index (χ4n) is 1.41. The van der Waals surface area contributed by atoms with E-state index in [0.29, 0.717) is 18.0 Å². The van der Waals surface area contributed by atoms with Crippen molar-refractivity contribution in [2.75, 3.05) is 12.0 Å². The largest absolute Gasteiger partial charge is 0.310 e. The molecule has 0 spiro atoms. The molecule has 2 atom stereocenters. The third-order valence-corrected chi connectivity index (χ3v) is 3.29. The molecule has 0 saturated heterocycles. The fraction of sp³-hybridized carbons (Fsp3) is 0.500. The number of nitrogens with zero attached hydrogens (tertiary/aromatic N) is 2. The van der Waals surface area contributed by atoms with Crippen LogP contribution in [0.2, 0.25) is 0 Å². The zero-order valence-electron chi connectivity index (χ0n) is 10.1. The molecule has 0 aliphatic carbocycles. The van der Waals surface area contributed by atoms with Gasteiger partial charge in [-0.1, -0.05) is 6.07 Å². The van der Waals surface area contributed by atoms with Crippen molar-refractivity contribution in [2.24, 2.45) is 0 Å². The molecule has 17 heavy (non-hydrogen) atoms. The van der Waals surface area contributed by atoms with Gasteiger partial charge >= 0.3 is 0 Å². The highest BCUT2D eigenvalue weighted by Crippen LogP contribution is 2.04. The Labute approximate surface area is 105 Å². The molecule has 1 heterocycles. The molecule has 2 unspecified atom stereocenters. The average molecular weight is 251 g/mol. The van der Waals surface area contributed by atoms with E-state index >= 15 is 0 Å². The SMILES string of the molecule is CC(CCS(C)=O)NCc1cccnc1C#N. The summed E-state index contributed by atoms with van der Waals surface area (Å²) in [4.78, 5) is 4.00. The van der Waals surface area contributed by atoms with Crippen molar-refractivity contribution >= 4 is 10.8 Å². The highest BCUT2D eigenvalue weighted by molar-refractivity contribution is 7.84. The topological polar surface area (TPSA) is 65.8 Å². The van der Waals surface area contributed by atoms with Crippen LogP contribution < -0.4 is 5.32 Å². The third-order valence-electron chi connectivity index (χ3n) is 2.48. The monoisotopic (exact) mass is 251 g/mol. The van der Waals surface area contributed by atoms with Crippen molar-refractivity contribution in [3.05, 3.63) is 29.6 Å². The van der Waals surface area contributed by atoms with Crippen LogP contribution in [0.15, 0.2) is 18.3 Å². The van der Waals surface area contributed by atoms with Crippen molar-refractivity contribution < 1.29 is 4.21 Å². The zero-order valence-corrected chi connectivity index (χ0v) is 11.0. The van der Waals surface area contributed by atoms with Crippen molar-refractivity contribution in [1.82, 2.24) is 10.3 Å². The van der Waals surface area contributed by atoms with E-state index in [1.54, 1.807) is 12.5 Å². The van der Waals surface area contributed by atoms with Crippen molar-refractivity contribution in [2.45, 2.75) is 25.9 Å². The molecule has 1 rings (SSSR count). The van der Waals surface area contributed by atoms with Crippen LogP contribution in [0.3, 0.4) is 0 Å². The minimum Gasteiger partial charge on any atom is -0.310 e. The second-order valence-corrected chi connectivity index (χ2v) is 5.53. The van der Waals surface area contributed by atoms with E-state index in [1.165, 1.54) is 0 Å². The van der Waals surface area contributed by atoms with Crippen LogP contribution in [-0.4, -0.2) is 27.2 Å². The molecule has 0 radical (unpaired) electrons. The van der Waals surface area contributed by atoms with Gasteiger partial charge in [-0.2, -0.15) is 5.26 Å². The van der Waals surface area contributed by atoms with Gasteiger partial charge in [0.1, 0.15) is 11.8 Å². The molecule has 0 amide bonds. The Hall–Kier alpha value is -1.25. The summed E-state index contributed by atoms with van der Waals surface area (Å²) in [5.41, 5.74) is 1.37. The van der Waals surface area contributed by atoms with E-state index in [1.807, 2.05) is 12.1 Å². The highest BCUT2D eigenvalue weighted by Gasteiger charge is 2.05. The molecule has 0 aromatic carbocycles. The van der Waals surface area contributed by atoms with Crippen LogP contribution in [-0.2, 0) is 17.3 Å². The van der Waals surface area contributed by atoms with Gasteiger partial charge in [0.2, 0.25) is 0 Å². The molecule has 1 aromatic heterocycles. The zero-order chi connectivity index (χ0) is 12.7. The first-order valence-electron chi connectivity index (χ1n) is 5.51. The Morgan fingerprint density at radius 3 is 3.06 bits per heavy atom. The number of pyridine rings is 1. The van der Waals surface area contributed by atoms with E-state index in [0.717, 1.165) is 12.0 Å².